The molecule has 0 fully saturated rings. The molecule has 0 spiro atoms. The van der Waals surface area contributed by atoms with Crippen molar-refractivity contribution in [3.63, 3.8) is 0 Å². The van der Waals surface area contributed by atoms with Gasteiger partial charge in [-0.3, -0.25) is 9.59 Å². The van der Waals surface area contributed by atoms with Gasteiger partial charge in [0.25, 0.3) is 0 Å². The minimum atomic E-state index is -0.868. The lowest BCUT2D eigenvalue weighted by atomic mass is 9.85. The molecule has 2 rings (SSSR count). The van der Waals surface area contributed by atoms with Crippen molar-refractivity contribution < 1.29 is 14.7 Å². The van der Waals surface area contributed by atoms with Crippen molar-refractivity contribution >= 4 is 17.6 Å². The molecule has 2 unspecified atom stereocenters. The lowest BCUT2D eigenvalue weighted by Gasteiger charge is -2.23. The van der Waals surface area contributed by atoms with Crippen molar-refractivity contribution in [2.45, 2.75) is 32.6 Å². The summed E-state index contributed by atoms with van der Waals surface area (Å²) < 4.78 is 0. The molecule has 2 N–H and O–H groups in total. The second-order valence-corrected chi connectivity index (χ2v) is 6.03. The number of rotatable bonds is 7. The first-order valence-corrected chi connectivity index (χ1v) is 8.17. The van der Waals surface area contributed by atoms with Crippen LogP contribution in [0.25, 0.3) is 0 Å². The average Bonchev–Trinajstić information content (AvgIpc) is 2.57. The number of hydrogen-bond donors (Lipinski definition) is 2. The summed E-state index contributed by atoms with van der Waals surface area (Å²) in [5.74, 6) is -0.900. The number of carboxylic acids is 1. The Bertz CT molecular complexity index is 680. The SMILES string of the molecule is CCC(C)C(C(=O)Nc1ccc(CC(=O)O)cc1)c1ccccc1. The first-order chi connectivity index (χ1) is 11.5. The first-order valence-electron chi connectivity index (χ1n) is 8.17. The molecule has 4 nitrogen and oxygen atoms in total. The van der Waals surface area contributed by atoms with E-state index in [1.54, 1.807) is 24.3 Å². The highest BCUT2D eigenvalue weighted by Crippen LogP contribution is 2.28. The zero-order valence-corrected chi connectivity index (χ0v) is 14.0. The van der Waals surface area contributed by atoms with Gasteiger partial charge >= 0.3 is 5.97 Å². The molecule has 0 aliphatic rings. The van der Waals surface area contributed by atoms with E-state index in [4.69, 9.17) is 5.11 Å². The van der Waals surface area contributed by atoms with Crippen LogP contribution in [0.4, 0.5) is 5.69 Å². The number of nitrogens with one attached hydrogen (secondary N) is 1. The van der Waals surface area contributed by atoms with Crippen LogP contribution in [0.2, 0.25) is 0 Å². The van der Waals surface area contributed by atoms with Crippen molar-refractivity contribution in [3.05, 3.63) is 65.7 Å². The Balaban J connectivity index is 2.14. The maximum atomic E-state index is 12.8. The van der Waals surface area contributed by atoms with Gasteiger partial charge in [-0.05, 0) is 29.2 Å². The third-order valence-electron chi connectivity index (χ3n) is 4.23. The molecule has 0 bridgehead atoms. The Morgan fingerprint density at radius 2 is 1.67 bits per heavy atom. The predicted molar refractivity (Wildman–Crippen MR) is 95.0 cm³/mol. The molecular formula is C20H23NO3. The third kappa shape index (κ3) is 4.69. The lowest BCUT2D eigenvalue weighted by molar-refractivity contribution is -0.136. The van der Waals surface area contributed by atoms with E-state index >= 15 is 0 Å². The molecular weight excluding hydrogens is 302 g/mol. The van der Waals surface area contributed by atoms with Gasteiger partial charge in [0, 0.05) is 5.69 Å². The van der Waals surface area contributed by atoms with Gasteiger partial charge in [-0.25, -0.2) is 0 Å². The number of hydrogen-bond acceptors (Lipinski definition) is 2. The summed E-state index contributed by atoms with van der Waals surface area (Å²) in [6.07, 6.45) is 0.887. The van der Waals surface area contributed by atoms with Crippen molar-refractivity contribution in [1.29, 1.82) is 0 Å². The highest BCUT2D eigenvalue weighted by molar-refractivity contribution is 5.96. The van der Waals surface area contributed by atoms with Crippen LogP contribution in [0.15, 0.2) is 54.6 Å². The van der Waals surface area contributed by atoms with Crippen molar-refractivity contribution in [3.8, 4) is 0 Å². The van der Waals surface area contributed by atoms with Gasteiger partial charge in [-0.1, -0.05) is 62.7 Å². The monoisotopic (exact) mass is 325 g/mol. The van der Waals surface area contributed by atoms with Gasteiger partial charge in [-0.15, -0.1) is 0 Å². The number of carboxylic acid groups (broad SMARTS) is 1. The highest BCUT2D eigenvalue weighted by Gasteiger charge is 2.25. The summed E-state index contributed by atoms with van der Waals surface area (Å²) in [7, 11) is 0. The van der Waals surface area contributed by atoms with Crippen LogP contribution in [0.3, 0.4) is 0 Å². The zero-order valence-electron chi connectivity index (χ0n) is 14.0. The maximum absolute atomic E-state index is 12.8. The van der Waals surface area contributed by atoms with Gasteiger partial charge in [0.05, 0.1) is 12.3 Å². The molecule has 24 heavy (non-hydrogen) atoms. The summed E-state index contributed by atoms with van der Waals surface area (Å²) in [6.45, 7) is 4.15. The fourth-order valence-electron chi connectivity index (χ4n) is 2.73. The molecule has 2 atom stereocenters. The molecule has 126 valence electrons. The van der Waals surface area contributed by atoms with Gasteiger partial charge in [0.1, 0.15) is 0 Å². The first kappa shape index (κ1) is 17.7. The minimum Gasteiger partial charge on any atom is -0.481 e. The van der Waals surface area contributed by atoms with Gasteiger partial charge < -0.3 is 10.4 Å². The van der Waals surface area contributed by atoms with Crippen LogP contribution >= 0.6 is 0 Å². The third-order valence-corrected chi connectivity index (χ3v) is 4.23. The predicted octanol–water partition coefficient (Wildman–Crippen LogP) is 4.08. The maximum Gasteiger partial charge on any atom is 0.307 e. The number of carbonyl (C=O) groups excluding carboxylic acids is 1. The molecule has 2 aromatic carbocycles. The molecule has 4 heteroatoms. The molecule has 2 aromatic rings. The number of amides is 1. The molecule has 0 heterocycles. The van der Waals surface area contributed by atoms with E-state index in [0.29, 0.717) is 11.3 Å². The van der Waals surface area contributed by atoms with E-state index in [1.807, 2.05) is 30.3 Å². The quantitative estimate of drug-likeness (QED) is 0.806. The van der Waals surface area contributed by atoms with Crippen LogP contribution < -0.4 is 5.32 Å². The van der Waals surface area contributed by atoms with E-state index in [2.05, 4.69) is 19.2 Å². The van der Waals surface area contributed by atoms with E-state index in [-0.39, 0.29) is 24.2 Å². The number of benzene rings is 2. The summed E-state index contributed by atoms with van der Waals surface area (Å²) in [6, 6.07) is 16.7. The van der Waals surface area contributed by atoms with E-state index in [9.17, 15) is 9.59 Å². The van der Waals surface area contributed by atoms with E-state index < -0.39 is 5.97 Å². The van der Waals surface area contributed by atoms with Crippen LogP contribution in [-0.4, -0.2) is 17.0 Å². The second kappa shape index (κ2) is 8.29. The van der Waals surface area contributed by atoms with Crippen LogP contribution in [0.5, 0.6) is 0 Å². The Hall–Kier alpha value is -2.62. The fraction of sp³-hybridized carbons (Fsp3) is 0.300. The molecule has 1 amide bonds. The van der Waals surface area contributed by atoms with Crippen molar-refractivity contribution in [1.82, 2.24) is 0 Å². The minimum absolute atomic E-state index is 0.0201. The van der Waals surface area contributed by atoms with Crippen LogP contribution in [0.1, 0.15) is 37.3 Å². The molecule has 0 aliphatic heterocycles. The van der Waals surface area contributed by atoms with E-state index in [0.717, 1.165) is 12.0 Å². The standard InChI is InChI=1S/C20H23NO3/c1-3-14(2)19(16-7-5-4-6-8-16)20(24)21-17-11-9-15(10-12-17)13-18(22)23/h4-12,14,19H,3,13H2,1-2H3,(H,21,24)(H,22,23). The number of aliphatic carboxylic acids is 1. The largest absolute Gasteiger partial charge is 0.481 e. The summed E-state index contributed by atoms with van der Waals surface area (Å²) >= 11 is 0. The lowest BCUT2D eigenvalue weighted by Crippen LogP contribution is -2.26. The fourth-order valence-corrected chi connectivity index (χ4v) is 2.73. The Labute approximate surface area is 142 Å². The summed E-state index contributed by atoms with van der Waals surface area (Å²) in [5, 5.41) is 11.7. The normalized spacial score (nSPS) is 13.1. The molecule has 0 saturated carbocycles. The Morgan fingerprint density at radius 3 is 2.21 bits per heavy atom. The van der Waals surface area contributed by atoms with Crippen molar-refractivity contribution in [2.24, 2.45) is 5.92 Å². The number of carbonyl (C=O) groups is 2. The molecule has 0 saturated heterocycles. The van der Waals surface area contributed by atoms with Gasteiger partial charge in [-0.2, -0.15) is 0 Å². The highest BCUT2D eigenvalue weighted by atomic mass is 16.4. The topological polar surface area (TPSA) is 66.4 Å². The Morgan fingerprint density at radius 1 is 1.04 bits per heavy atom. The summed E-state index contributed by atoms with van der Waals surface area (Å²) in [4.78, 5) is 23.5. The number of anilines is 1. The smallest absolute Gasteiger partial charge is 0.307 e. The zero-order chi connectivity index (χ0) is 17.5. The molecule has 0 aliphatic carbocycles. The van der Waals surface area contributed by atoms with Crippen LogP contribution in [0, 0.1) is 5.92 Å². The van der Waals surface area contributed by atoms with E-state index in [1.165, 1.54) is 0 Å². The van der Waals surface area contributed by atoms with Crippen molar-refractivity contribution in [2.75, 3.05) is 5.32 Å². The average molecular weight is 325 g/mol. The van der Waals surface area contributed by atoms with Gasteiger partial charge in [0.15, 0.2) is 0 Å². The Kier molecular flexibility index (Phi) is 6.13. The van der Waals surface area contributed by atoms with Crippen LogP contribution in [-0.2, 0) is 16.0 Å². The molecule has 0 radical (unpaired) electrons. The molecule has 0 aromatic heterocycles. The van der Waals surface area contributed by atoms with Gasteiger partial charge in [0.2, 0.25) is 5.91 Å². The summed E-state index contributed by atoms with van der Waals surface area (Å²) in [5.41, 5.74) is 2.40. The second-order valence-electron chi connectivity index (χ2n) is 6.03.